The van der Waals surface area contributed by atoms with Crippen molar-refractivity contribution in [2.75, 3.05) is 6.54 Å². The molecule has 17 heavy (non-hydrogen) atoms. The third kappa shape index (κ3) is 5.02. The number of rotatable bonds is 5. The molecule has 0 aliphatic heterocycles. The molecule has 0 amide bonds. The summed E-state index contributed by atoms with van der Waals surface area (Å²) in [5.41, 5.74) is 6.11. The molecule has 1 aromatic carbocycles. The Kier molecular flexibility index (Phi) is 5.37. The molecule has 1 aromatic rings. The summed E-state index contributed by atoms with van der Waals surface area (Å²) in [4.78, 5) is 0. The fourth-order valence-electron chi connectivity index (χ4n) is 1.85. The highest BCUT2D eigenvalue weighted by atomic mass is 28.3. The van der Waals surface area contributed by atoms with Crippen LogP contribution in [-0.4, -0.2) is 15.6 Å². The third-order valence-corrected chi connectivity index (χ3v) is 3.15. The number of benzene rings is 1. The first-order valence-corrected chi connectivity index (χ1v) is 8.60. The molecule has 1 N–H and O–H groups in total. The molecule has 0 atom stereocenters. The van der Waals surface area contributed by atoms with Gasteiger partial charge in [0.1, 0.15) is 0 Å². The molecule has 0 aliphatic carbocycles. The predicted octanol–water partition coefficient (Wildman–Crippen LogP) is 3.30. The Morgan fingerprint density at radius 2 is 1.82 bits per heavy atom. The van der Waals surface area contributed by atoms with Crippen LogP contribution in [0, 0.1) is 0 Å². The molecular weight excluding hydrogens is 226 g/mol. The average Bonchev–Trinajstić information content (AvgIpc) is 2.23. The van der Waals surface area contributed by atoms with Crippen molar-refractivity contribution in [2.45, 2.75) is 45.7 Å². The first-order valence-electron chi connectivity index (χ1n) is 6.19. The molecular formula is C14H24NOSi. The van der Waals surface area contributed by atoms with Crippen LogP contribution in [0.1, 0.15) is 31.9 Å². The Morgan fingerprint density at radius 1 is 1.18 bits per heavy atom. The summed E-state index contributed by atoms with van der Waals surface area (Å²) in [6.07, 6.45) is 1.02. The van der Waals surface area contributed by atoms with E-state index in [-0.39, 0.29) is 5.41 Å². The summed E-state index contributed by atoms with van der Waals surface area (Å²) in [6, 6.07) is 8.67. The lowest BCUT2D eigenvalue weighted by molar-refractivity contribution is 0.200. The van der Waals surface area contributed by atoms with Crippen molar-refractivity contribution < 1.29 is 4.53 Å². The highest BCUT2D eigenvalue weighted by Gasteiger charge is 2.16. The number of hydrogen-bond donors (Lipinski definition) is 1. The second-order valence-electron chi connectivity index (χ2n) is 5.56. The number of hydrogen-bond acceptors (Lipinski definition) is 2. The second-order valence-corrected chi connectivity index (χ2v) is 7.58. The van der Waals surface area contributed by atoms with E-state index in [1.165, 1.54) is 11.1 Å². The molecule has 95 valence electrons. The van der Waals surface area contributed by atoms with Gasteiger partial charge in [-0.25, -0.2) is 5.48 Å². The fraction of sp³-hybridized carbons (Fsp3) is 0.571. The van der Waals surface area contributed by atoms with E-state index >= 15 is 0 Å². The van der Waals surface area contributed by atoms with Gasteiger partial charge in [0.2, 0.25) is 9.04 Å². The van der Waals surface area contributed by atoms with E-state index in [1.807, 2.05) is 0 Å². The van der Waals surface area contributed by atoms with E-state index in [1.54, 1.807) is 0 Å². The SMILES string of the molecule is C[Si](C)ONCCc1ccccc1C(C)(C)C. The van der Waals surface area contributed by atoms with Crippen LogP contribution in [0.5, 0.6) is 0 Å². The summed E-state index contributed by atoms with van der Waals surface area (Å²) in [7, 11) is -0.638. The largest absolute Gasteiger partial charge is 0.346 e. The molecule has 0 aliphatic rings. The Balaban J connectivity index is 2.59. The van der Waals surface area contributed by atoms with Crippen molar-refractivity contribution in [3.05, 3.63) is 35.4 Å². The van der Waals surface area contributed by atoms with Gasteiger partial charge in [0.25, 0.3) is 0 Å². The number of nitrogens with one attached hydrogen (secondary N) is 1. The normalized spacial score (nSPS) is 12.1. The molecule has 0 saturated heterocycles. The smallest absolute Gasteiger partial charge is 0.235 e. The van der Waals surface area contributed by atoms with E-state index in [0.717, 1.165) is 13.0 Å². The Morgan fingerprint density at radius 3 is 2.41 bits per heavy atom. The first kappa shape index (κ1) is 14.4. The summed E-state index contributed by atoms with van der Waals surface area (Å²) in [6.45, 7) is 11.9. The Bertz CT molecular complexity index is 344. The lowest BCUT2D eigenvalue weighted by Crippen LogP contribution is -2.25. The maximum absolute atomic E-state index is 5.44. The molecule has 0 aromatic heterocycles. The van der Waals surface area contributed by atoms with E-state index in [2.05, 4.69) is 63.6 Å². The van der Waals surface area contributed by atoms with Crippen molar-refractivity contribution in [1.82, 2.24) is 5.48 Å². The molecule has 0 saturated carbocycles. The summed E-state index contributed by atoms with van der Waals surface area (Å²) >= 11 is 0. The molecule has 0 spiro atoms. The molecule has 3 heteroatoms. The zero-order chi connectivity index (χ0) is 12.9. The van der Waals surface area contributed by atoms with Gasteiger partial charge in [-0.1, -0.05) is 45.0 Å². The van der Waals surface area contributed by atoms with Crippen molar-refractivity contribution in [2.24, 2.45) is 0 Å². The monoisotopic (exact) mass is 250 g/mol. The van der Waals surface area contributed by atoms with Crippen LogP contribution in [0.15, 0.2) is 24.3 Å². The van der Waals surface area contributed by atoms with Crippen LogP contribution >= 0.6 is 0 Å². The van der Waals surface area contributed by atoms with Crippen LogP contribution in [0.3, 0.4) is 0 Å². The average molecular weight is 250 g/mol. The van der Waals surface area contributed by atoms with E-state index in [9.17, 15) is 0 Å². The highest BCUT2D eigenvalue weighted by molar-refractivity contribution is 6.48. The van der Waals surface area contributed by atoms with E-state index in [4.69, 9.17) is 4.53 Å². The van der Waals surface area contributed by atoms with Crippen molar-refractivity contribution >= 4 is 9.04 Å². The lowest BCUT2D eigenvalue weighted by Gasteiger charge is -2.23. The van der Waals surface area contributed by atoms with Crippen molar-refractivity contribution in [3.8, 4) is 0 Å². The molecule has 1 rings (SSSR count). The Labute approximate surface area is 107 Å². The van der Waals surface area contributed by atoms with Crippen LogP contribution in [-0.2, 0) is 16.4 Å². The van der Waals surface area contributed by atoms with Gasteiger partial charge in [0, 0.05) is 6.54 Å². The minimum Gasteiger partial charge on any atom is -0.346 e. The molecule has 2 nitrogen and oxygen atoms in total. The van der Waals surface area contributed by atoms with Gasteiger partial charge in [0.05, 0.1) is 0 Å². The second kappa shape index (κ2) is 6.33. The van der Waals surface area contributed by atoms with Crippen LogP contribution in [0.2, 0.25) is 13.1 Å². The maximum Gasteiger partial charge on any atom is 0.235 e. The molecule has 0 unspecified atom stereocenters. The molecule has 0 heterocycles. The minimum absolute atomic E-state index is 0.210. The van der Waals surface area contributed by atoms with Gasteiger partial charge >= 0.3 is 0 Å². The minimum atomic E-state index is -0.638. The quantitative estimate of drug-likeness (QED) is 0.492. The van der Waals surface area contributed by atoms with Gasteiger partial charge in [-0.15, -0.1) is 0 Å². The van der Waals surface area contributed by atoms with Gasteiger partial charge in [-0.3, -0.25) is 0 Å². The molecule has 1 radical (unpaired) electrons. The maximum atomic E-state index is 5.44. The lowest BCUT2D eigenvalue weighted by atomic mass is 9.83. The summed E-state index contributed by atoms with van der Waals surface area (Å²) < 4.78 is 5.44. The van der Waals surface area contributed by atoms with Crippen molar-refractivity contribution in [3.63, 3.8) is 0 Å². The van der Waals surface area contributed by atoms with Crippen molar-refractivity contribution in [1.29, 1.82) is 0 Å². The predicted molar refractivity (Wildman–Crippen MR) is 75.4 cm³/mol. The highest BCUT2D eigenvalue weighted by Crippen LogP contribution is 2.25. The van der Waals surface area contributed by atoms with Gasteiger partial charge in [-0.2, -0.15) is 0 Å². The number of hydroxylamine groups is 1. The summed E-state index contributed by atoms with van der Waals surface area (Å²) in [5.74, 6) is 0. The van der Waals surface area contributed by atoms with Gasteiger partial charge in [-0.05, 0) is 36.1 Å². The fourth-order valence-corrected chi connectivity index (χ4v) is 2.24. The van der Waals surface area contributed by atoms with Crippen LogP contribution in [0.4, 0.5) is 0 Å². The topological polar surface area (TPSA) is 21.3 Å². The van der Waals surface area contributed by atoms with E-state index < -0.39 is 9.04 Å². The first-order chi connectivity index (χ1) is 7.91. The summed E-state index contributed by atoms with van der Waals surface area (Å²) in [5, 5.41) is 0. The van der Waals surface area contributed by atoms with Crippen LogP contribution < -0.4 is 5.48 Å². The van der Waals surface area contributed by atoms with Crippen LogP contribution in [0.25, 0.3) is 0 Å². The standard InChI is InChI=1S/C14H24NOSi/c1-14(2,3)13-9-7-6-8-12(13)10-11-15-16-17(4)5/h6-9,15H,10-11H2,1-5H3. The van der Waals surface area contributed by atoms with Gasteiger partial charge < -0.3 is 4.53 Å². The molecule has 0 bridgehead atoms. The third-order valence-electron chi connectivity index (χ3n) is 2.60. The molecule has 0 fully saturated rings. The zero-order valence-corrected chi connectivity index (χ0v) is 12.6. The zero-order valence-electron chi connectivity index (χ0n) is 11.6. The Hall–Kier alpha value is -0.643. The van der Waals surface area contributed by atoms with Gasteiger partial charge in [0.15, 0.2) is 0 Å². The van der Waals surface area contributed by atoms with E-state index in [0.29, 0.717) is 0 Å².